The van der Waals surface area contributed by atoms with Crippen LogP contribution in [0.3, 0.4) is 0 Å². The van der Waals surface area contributed by atoms with E-state index in [0.717, 1.165) is 24.8 Å². The average molecular weight is 379 g/mol. The number of carbonyl (C=O) groups excluding carboxylic acids is 2. The maximum Gasteiger partial charge on any atom is 0.257 e. The van der Waals surface area contributed by atoms with E-state index in [4.69, 9.17) is 16.3 Å². The lowest BCUT2D eigenvalue weighted by atomic mass is 10.1. The predicted octanol–water partition coefficient (Wildman–Crippen LogP) is 3.52. The standard InChI is InChI=1S/C18H19ClN2O3S/c1-24-10-9-20-17(23)15-12-6-4-8-14(12)25-18(15)21-16(22)11-5-2-3-7-13(11)19/h2-3,5,7H,4,6,8-10H2,1H3,(H,20,23)(H,21,22). The van der Waals surface area contributed by atoms with Crippen LogP contribution < -0.4 is 10.6 Å². The van der Waals surface area contributed by atoms with Gasteiger partial charge in [0.15, 0.2) is 0 Å². The molecule has 7 heteroatoms. The lowest BCUT2D eigenvalue weighted by Crippen LogP contribution is -2.28. The molecule has 0 saturated heterocycles. The van der Waals surface area contributed by atoms with Gasteiger partial charge in [-0.1, -0.05) is 23.7 Å². The van der Waals surface area contributed by atoms with Crippen molar-refractivity contribution in [3.63, 3.8) is 0 Å². The Labute approximate surface area is 155 Å². The number of hydrogen-bond acceptors (Lipinski definition) is 4. The van der Waals surface area contributed by atoms with Crippen molar-refractivity contribution in [3.8, 4) is 0 Å². The molecule has 1 heterocycles. The van der Waals surface area contributed by atoms with Crippen molar-refractivity contribution in [1.29, 1.82) is 0 Å². The summed E-state index contributed by atoms with van der Waals surface area (Å²) in [7, 11) is 1.59. The van der Waals surface area contributed by atoms with Crippen molar-refractivity contribution in [2.24, 2.45) is 0 Å². The molecule has 0 bridgehead atoms. The first-order chi connectivity index (χ1) is 12.1. The summed E-state index contributed by atoms with van der Waals surface area (Å²) in [6, 6.07) is 6.86. The highest BCUT2D eigenvalue weighted by atomic mass is 35.5. The second-order valence-corrected chi connectivity index (χ2v) is 7.26. The first kappa shape index (κ1) is 17.9. The molecule has 1 aliphatic carbocycles. The van der Waals surface area contributed by atoms with Crippen molar-refractivity contribution < 1.29 is 14.3 Å². The largest absolute Gasteiger partial charge is 0.383 e. The minimum atomic E-state index is -0.309. The van der Waals surface area contributed by atoms with E-state index in [1.54, 1.807) is 31.4 Å². The number of anilines is 1. The molecule has 0 radical (unpaired) electrons. The highest BCUT2D eigenvalue weighted by Crippen LogP contribution is 2.39. The normalized spacial score (nSPS) is 12.7. The number of hydrogen-bond donors (Lipinski definition) is 2. The van der Waals surface area contributed by atoms with E-state index in [2.05, 4.69) is 10.6 Å². The number of fused-ring (bicyclic) bond motifs is 1. The fourth-order valence-corrected chi connectivity index (χ4v) is 4.41. The van der Waals surface area contributed by atoms with E-state index in [1.165, 1.54) is 16.2 Å². The zero-order valence-electron chi connectivity index (χ0n) is 13.9. The second kappa shape index (κ2) is 7.99. The zero-order chi connectivity index (χ0) is 17.8. The summed E-state index contributed by atoms with van der Waals surface area (Å²) in [4.78, 5) is 26.3. The molecule has 2 N–H and O–H groups in total. The van der Waals surface area contributed by atoms with Crippen LogP contribution in [0.4, 0.5) is 5.00 Å². The number of rotatable bonds is 6. The Morgan fingerprint density at radius 2 is 2.04 bits per heavy atom. The number of nitrogens with one attached hydrogen (secondary N) is 2. The van der Waals surface area contributed by atoms with Crippen LogP contribution in [-0.2, 0) is 17.6 Å². The van der Waals surface area contributed by atoms with E-state index in [0.29, 0.717) is 34.3 Å². The number of aryl methyl sites for hydroxylation is 1. The maximum absolute atomic E-state index is 12.6. The van der Waals surface area contributed by atoms with Gasteiger partial charge in [-0.3, -0.25) is 9.59 Å². The van der Waals surface area contributed by atoms with Gasteiger partial charge < -0.3 is 15.4 Å². The Morgan fingerprint density at radius 1 is 1.24 bits per heavy atom. The minimum absolute atomic E-state index is 0.175. The van der Waals surface area contributed by atoms with Crippen molar-refractivity contribution >= 4 is 39.8 Å². The number of amides is 2. The van der Waals surface area contributed by atoms with Crippen LogP contribution in [0.15, 0.2) is 24.3 Å². The fraction of sp³-hybridized carbons (Fsp3) is 0.333. The van der Waals surface area contributed by atoms with Crippen molar-refractivity contribution in [2.45, 2.75) is 19.3 Å². The summed E-state index contributed by atoms with van der Waals surface area (Å²) >= 11 is 7.57. The zero-order valence-corrected chi connectivity index (χ0v) is 15.4. The number of thiophene rings is 1. The molecule has 1 aliphatic rings. The molecule has 2 aromatic rings. The molecule has 1 aromatic heterocycles. The average Bonchev–Trinajstić information content (AvgIpc) is 3.15. The lowest BCUT2D eigenvalue weighted by Gasteiger charge is -2.10. The molecule has 5 nitrogen and oxygen atoms in total. The molecule has 0 atom stereocenters. The van der Waals surface area contributed by atoms with Gasteiger partial charge in [-0.15, -0.1) is 11.3 Å². The second-order valence-electron chi connectivity index (χ2n) is 5.74. The van der Waals surface area contributed by atoms with Gasteiger partial charge in [-0.25, -0.2) is 0 Å². The molecule has 0 unspecified atom stereocenters. The summed E-state index contributed by atoms with van der Waals surface area (Å²) in [6.45, 7) is 0.872. The molecule has 0 saturated carbocycles. The number of carbonyl (C=O) groups is 2. The number of halogens is 1. The SMILES string of the molecule is COCCNC(=O)c1c(NC(=O)c2ccccc2Cl)sc2c1CCC2. The van der Waals surface area contributed by atoms with Crippen LogP contribution in [0.25, 0.3) is 0 Å². The quantitative estimate of drug-likeness (QED) is 0.756. The molecule has 0 aliphatic heterocycles. The molecular weight excluding hydrogens is 360 g/mol. The summed E-state index contributed by atoms with van der Waals surface area (Å²) in [5, 5.41) is 6.69. The van der Waals surface area contributed by atoms with E-state index in [1.807, 2.05) is 0 Å². The lowest BCUT2D eigenvalue weighted by molar-refractivity contribution is 0.0937. The molecular formula is C18H19ClN2O3S. The van der Waals surface area contributed by atoms with Gasteiger partial charge in [-0.05, 0) is 37.0 Å². The number of ether oxygens (including phenoxy) is 1. The minimum Gasteiger partial charge on any atom is -0.383 e. The van der Waals surface area contributed by atoms with Crippen LogP contribution in [-0.4, -0.2) is 32.1 Å². The van der Waals surface area contributed by atoms with Crippen LogP contribution in [0.2, 0.25) is 5.02 Å². The third-order valence-electron chi connectivity index (χ3n) is 4.09. The van der Waals surface area contributed by atoms with Gasteiger partial charge in [0.25, 0.3) is 11.8 Å². The number of methoxy groups -OCH3 is 1. The summed E-state index contributed by atoms with van der Waals surface area (Å²) < 4.78 is 4.97. The van der Waals surface area contributed by atoms with Gasteiger partial charge >= 0.3 is 0 Å². The Morgan fingerprint density at radius 3 is 2.80 bits per heavy atom. The Bertz CT molecular complexity index is 804. The molecule has 1 aromatic carbocycles. The van der Waals surface area contributed by atoms with E-state index >= 15 is 0 Å². The van der Waals surface area contributed by atoms with Gasteiger partial charge in [0, 0.05) is 18.5 Å². The van der Waals surface area contributed by atoms with Crippen LogP contribution in [0, 0.1) is 0 Å². The Balaban J connectivity index is 1.85. The van der Waals surface area contributed by atoms with Crippen LogP contribution in [0.5, 0.6) is 0 Å². The van der Waals surface area contributed by atoms with Gasteiger partial charge in [0.1, 0.15) is 5.00 Å². The molecule has 25 heavy (non-hydrogen) atoms. The van der Waals surface area contributed by atoms with Gasteiger partial charge in [-0.2, -0.15) is 0 Å². The summed E-state index contributed by atoms with van der Waals surface area (Å²) in [5.74, 6) is -0.484. The van der Waals surface area contributed by atoms with Crippen LogP contribution >= 0.6 is 22.9 Å². The topological polar surface area (TPSA) is 67.4 Å². The van der Waals surface area contributed by atoms with Crippen LogP contribution in [0.1, 0.15) is 37.6 Å². The molecule has 3 rings (SSSR count). The Kier molecular flexibility index (Phi) is 5.73. The third kappa shape index (κ3) is 3.86. The van der Waals surface area contributed by atoms with E-state index in [9.17, 15) is 9.59 Å². The summed E-state index contributed by atoms with van der Waals surface area (Å²) in [6.07, 6.45) is 2.85. The fourth-order valence-electron chi connectivity index (χ4n) is 2.90. The first-order valence-corrected chi connectivity index (χ1v) is 9.28. The van der Waals surface area contributed by atoms with Gasteiger partial charge in [0.2, 0.25) is 0 Å². The van der Waals surface area contributed by atoms with E-state index in [-0.39, 0.29) is 11.8 Å². The highest BCUT2D eigenvalue weighted by Gasteiger charge is 2.27. The third-order valence-corrected chi connectivity index (χ3v) is 5.62. The monoisotopic (exact) mass is 378 g/mol. The Hall–Kier alpha value is -1.89. The molecule has 2 amide bonds. The molecule has 0 spiro atoms. The van der Waals surface area contributed by atoms with E-state index < -0.39 is 0 Å². The maximum atomic E-state index is 12.6. The highest BCUT2D eigenvalue weighted by molar-refractivity contribution is 7.17. The van der Waals surface area contributed by atoms with Crippen molar-refractivity contribution in [1.82, 2.24) is 5.32 Å². The molecule has 132 valence electrons. The predicted molar refractivity (Wildman–Crippen MR) is 100.0 cm³/mol. The van der Waals surface area contributed by atoms with Gasteiger partial charge in [0.05, 0.1) is 22.8 Å². The van der Waals surface area contributed by atoms with Crippen molar-refractivity contribution in [2.75, 3.05) is 25.6 Å². The summed E-state index contributed by atoms with van der Waals surface area (Å²) in [5.41, 5.74) is 2.02. The smallest absolute Gasteiger partial charge is 0.257 e. The first-order valence-electron chi connectivity index (χ1n) is 8.09. The molecule has 0 fully saturated rings. The number of benzene rings is 1. The van der Waals surface area contributed by atoms with Crippen molar-refractivity contribution in [3.05, 3.63) is 50.9 Å².